The molecule has 0 radical (unpaired) electrons. The van der Waals surface area contributed by atoms with Gasteiger partial charge in [-0.15, -0.1) is 0 Å². The van der Waals surface area contributed by atoms with Crippen molar-refractivity contribution in [2.24, 2.45) is 5.92 Å². The van der Waals surface area contributed by atoms with Gasteiger partial charge in [-0.05, 0) is 37.8 Å². The van der Waals surface area contributed by atoms with Gasteiger partial charge in [0.05, 0.1) is 26.2 Å². The number of nitrogens with zero attached hydrogens (tertiary/aromatic N) is 1. The molecule has 0 aromatic heterocycles. The smallest absolute Gasteiger partial charge is 0.275 e. The quantitative estimate of drug-likeness (QED) is 0.773. The zero-order valence-corrected chi connectivity index (χ0v) is 15.8. The van der Waals surface area contributed by atoms with E-state index in [4.69, 9.17) is 0 Å². The summed E-state index contributed by atoms with van der Waals surface area (Å²) in [5.41, 5.74) is 0.739. The molecule has 2 amide bonds. The molecule has 0 spiro atoms. The van der Waals surface area contributed by atoms with E-state index in [0.717, 1.165) is 31.5 Å². The van der Waals surface area contributed by atoms with Gasteiger partial charge < -0.3 is 15.1 Å². The Morgan fingerprint density at radius 3 is 2.32 bits per heavy atom. The minimum absolute atomic E-state index is 0.0893. The summed E-state index contributed by atoms with van der Waals surface area (Å²) in [7, 11) is 0. The molecule has 1 saturated heterocycles. The van der Waals surface area contributed by atoms with Gasteiger partial charge >= 0.3 is 0 Å². The average Bonchev–Trinajstić information content (AvgIpc) is 2.60. The molecule has 0 saturated carbocycles. The number of benzene rings is 1. The zero-order valence-electron chi connectivity index (χ0n) is 15.8. The Bertz CT molecular complexity index is 551. The highest BCUT2D eigenvalue weighted by Gasteiger charge is 2.26. The number of carbonyl (C=O) groups excluding carboxylic acids is 2. The molecule has 2 rings (SSSR count). The second-order valence-corrected chi connectivity index (χ2v) is 7.52. The van der Waals surface area contributed by atoms with E-state index in [1.807, 2.05) is 35.2 Å². The fraction of sp³-hybridized carbons (Fsp3) is 0.600. The van der Waals surface area contributed by atoms with E-state index >= 15 is 0 Å². The van der Waals surface area contributed by atoms with E-state index in [-0.39, 0.29) is 17.9 Å². The molecule has 1 atom stereocenters. The third-order valence-corrected chi connectivity index (χ3v) is 4.77. The number of quaternary nitrogens is 1. The molecule has 1 heterocycles. The fourth-order valence-corrected chi connectivity index (χ4v) is 3.17. The highest BCUT2D eigenvalue weighted by atomic mass is 16.2. The minimum Gasteiger partial charge on any atom is -0.349 e. The van der Waals surface area contributed by atoms with Gasteiger partial charge in [-0.2, -0.15) is 0 Å². The fourth-order valence-electron chi connectivity index (χ4n) is 3.17. The van der Waals surface area contributed by atoms with Gasteiger partial charge in [0.25, 0.3) is 11.8 Å². The molecule has 1 aliphatic heterocycles. The summed E-state index contributed by atoms with van der Waals surface area (Å²) in [5.74, 6) is 0.876. The maximum atomic E-state index is 12.4. The molecule has 5 nitrogen and oxygen atoms in total. The summed E-state index contributed by atoms with van der Waals surface area (Å²) in [6.07, 6.45) is 2.16. The van der Waals surface area contributed by atoms with Crippen molar-refractivity contribution in [2.75, 3.05) is 32.7 Å². The molecular weight excluding hydrogens is 314 g/mol. The number of hydrogen-bond acceptors (Lipinski definition) is 2. The van der Waals surface area contributed by atoms with E-state index in [1.54, 1.807) is 0 Å². The van der Waals surface area contributed by atoms with Crippen LogP contribution in [0.25, 0.3) is 0 Å². The molecule has 0 aliphatic carbocycles. The van der Waals surface area contributed by atoms with Crippen LogP contribution in [0.15, 0.2) is 30.3 Å². The lowest BCUT2D eigenvalue weighted by molar-refractivity contribution is -0.896. The van der Waals surface area contributed by atoms with E-state index < -0.39 is 0 Å². The van der Waals surface area contributed by atoms with Crippen LogP contribution in [0, 0.1) is 5.92 Å². The molecule has 2 N–H and O–H groups in total. The topological polar surface area (TPSA) is 53.9 Å². The van der Waals surface area contributed by atoms with Gasteiger partial charge in [-0.1, -0.05) is 32.0 Å². The SMILES string of the molecule is CC(C)CC[C@H](C)NC(=O)C[NH+]1CCN(C(=O)c2ccccc2)CC1. The van der Waals surface area contributed by atoms with Crippen LogP contribution < -0.4 is 10.2 Å². The number of carbonyl (C=O) groups is 2. The normalized spacial score (nSPS) is 16.7. The predicted molar refractivity (Wildman–Crippen MR) is 99.6 cm³/mol. The first kappa shape index (κ1) is 19.4. The lowest BCUT2D eigenvalue weighted by Gasteiger charge is -2.32. The van der Waals surface area contributed by atoms with E-state index in [2.05, 4.69) is 26.1 Å². The van der Waals surface area contributed by atoms with Crippen molar-refractivity contribution in [3.8, 4) is 0 Å². The van der Waals surface area contributed by atoms with Crippen LogP contribution in [0.2, 0.25) is 0 Å². The summed E-state index contributed by atoms with van der Waals surface area (Å²) in [5, 5.41) is 3.10. The Morgan fingerprint density at radius 2 is 1.72 bits per heavy atom. The number of hydrogen-bond donors (Lipinski definition) is 2. The maximum absolute atomic E-state index is 12.4. The van der Waals surface area contributed by atoms with E-state index in [0.29, 0.717) is 25.6 Å². The first-order valence-electron chi connectivity index (χ1n) is 9.43. The van der Waals surface area contributed by atoms with Crippen LogP contribution in [0.4, 0.5) is 0 Å². The van der Waals surface area contributed by atoms with Crippen LogP contribution in [0.3, 0.4) is 0 Å². The lowest BCUT2D eigenvalue weighted by Crippen LogP contribution is -3.15. The summed E-state index contributed by atoms with van der Waals surface area (Å²) in [6.45, 7) is 10.0. The third-order valence-electron chi connectivity index (χ3n) is 4.77. The molecule has 5 heteroatoms. The van der Waals surface area contributed by atoms with Gasteiger partial charge in [0.1, 0.15) is 0 Å². The van der Waals surface area contributed by atoms with Crippen molar-refractivity contribution < 1.29 is 14.5 Å². The van der Waals surface area contributed by atoms with Crippen molar-refractivity contribution >= 4 is 11.8 Å². The number of piperazine rings is 1. The highest BCUT2D eigenvalue weighted by Crippen LogP contribution is 2.06. The van der Waals surface area contributed by atoms with Crippen molar-refractivity contribution in [3.63, 3.8) is 0 Å². The first-order valence-corrected chi connectivity index (χ1v) is 9.43. The maximum Gasteiger partial charge on any atom is 0.275 e. The van der Waals surface area contributed by atoms with Crippen LogP contribution in [0.5, 0.6) is 0 Å². The molecule has 138 valence electrons. The molecule has 1 aromatic rings. The Balaban J connectivity index is 1.71. The Hall–Kier alpha value is -1.88. The van der Waals surface area contributed by atoms with Crippen LogP contribution in [0.1, 0.15) is 44.0 Å². The third kappa shape index (κ3) is 6.50. The van der Waals surface area contributed by atoms with Crippen LogP contribution in [-0.2, 0) is 4.79 Å². The monoisotopic (exact) mass is 346 g/mol. The standard InChI is InChI=1S/C20H31N3O2/c1-16(2)9-10-17(3)21-19(24)15-22-11-13-23(14-12-22)20(25)18-7-5-4-6-8-18/h4-8,16-17H,9-15H2,1-3H3,(H,21,24)/p+1/t17-/m0/s1. The zero-order chi connectivity index (χ0) is 18.2. The Morgan fingerprint density at radius 1 is 1.08 bits per heavy atom. The average molecular weight is 346 g/mol. The van der Waals surface area contributed by atoms with Crippen LogP contribution in [-0.4, -0.2) is 55.5 Å². The molecule has 0 bridgehead atoms. The lowest BCUT2D eigenvalue weighted by atomic mass is 10.0. The summed E-state index contributed by atoms with van der Waals surface area (Å²) >= 11 is 0. The molecule has 0 unspecified atom stereocenters. The van der Waals surface area contributed by atoms with Gasteiger partial charge in [0.15, 0.2) is 6.54 Å². The molecule has 25 heavy (non-hydrogen) atoms. The summed E-state index contributed by atoms with van der Waals surface area (Å²) in [6, 6.07) is 9.63. The van der Waals surface area contributed by atoms with Crippen molar-refractivity contribution in [1.29, 1.82) is 0 Å². The second-order valence-electron chi connectivity index (χ2n) is 7.52. The van der Waals surface area contributed by atoms with Crippen LogP contribution >= 0.6 is 0 Å². The van der Waals surface area contributed by atoms with Gasteiger partial charge in [0.2, 0.25) is 0 Å². The van der Waals surface area contributed by atoms with E-state index in [9.17, 15) is 9.59 Å². The summed E-state index contributed by atoms with van der Waals surface area (Å²) < 4.78 is 0. The predicted octanol–water partition coefficient (Wildman–Crippen LogP) is 0.968. The second kappa shape index (κ2) is 9.56. The Kier molecular flexibility index (Phi) is 7.44. The molecule has 1 aromatic carbocycles. The van der Waals surface area contributed by atoms with Crippen molar-refractivity contribution in [3.05, 3.63) is 35.9 Å². The molecule has 1 fully saturated rings. The van der Waals surface area contributed by atoms with E-state index in [1.165, 1.54) is 4.90 Å². The molecular formula is C20H32N3O2+. The Labute approximate surface area is 151 Å². The number of nitrogens with one attached hydrogen (secondary N) is 2. The molecule has 1 aliphatic rings. The van der Waals surface area contributed by atoms with Gasteiger partial charge in [0, 0.05) is 11.6 Å². The van der Waals surface area contributed by atoms with Gasteiger partial charge in [-0.25, -0.2) is 0 Å². The first-order chi connectivity index (χ1) is 12.0. The van der Waals surface area contributed by atoms with Gasteiger partial charge in [-0.3, -0.25) is 9.59 Å². The van der Waals surface area contributed by atoms with Crippen molar-refractivity contribution in [1.82, 2.24) is 10.2 Å². The number of amides is 2. The minimum atomic E-state index is 0.0893. The largest absolute Gasteiger partial charge is 0.349 e. The van der Waals surface area contributed by atoms with Crippen molar-refractivity contribution in [2.45, 2.75) is 39.7 Å². The number of rotatable bonds is 7. The summed E-state index contributed by atoms with van der Waals surface area (Å²) in [4.78, 5) is 27.8. The highest BCUT2D eigenvalue weighted by molar-refractivity contribution is 5.94.